The highest BCUT2D eigenvalue weighted by Crippen LogP contribution is 2.26. The van der Waals surface area contributed by atoms with Gasteiger partial charge >= 0.3 is 5.97 Å². The first-order valence-corrected chi connectivity index (χ1v) is 7.85. The summed E-state index contributed by atoms with van der Waals surface area (Å²) in [5.74, 6) is -0.817. The molecule has 116 valence electrons. The van der Waals surface area contributed by atoms with Crippen molar-refractivity contribution in [1.29, 1.82) is 0 Å². The number of hydrogen-bond acceptors (Lipinski definition) is 3. The first-order valence-electron chi connectivity index (χ1n) is 7.85. The van der Waals surface area contributed by atoms with E-state index in [1.807, 2.05) is 24.3 Å². The van der Waals surface area contributed by atoms with E-state index >= 15 is 0 Å². The van der Waals surface area contributed by atoms with Gasteiger partial charge in [0.2, 0.25) is 0 Å². The molecule has 1 aromatic carbocycles. The Labute approximate surface area is 126 Å². The van der Waals surface area contributed by atoms with Crippen LogP contribution in [0.25, 0.3) is 0 Å². The summed E-state index contributed by atoms with van der Waals surface area (Å²) < 4.78 is 0. The summed E-state index contributed by atoms with van der Waals surface area (Å²) >= 11 is 0. The van der Waals surface area contributed by atoms with E-state index < -0.39 is 12.1 Å². The second-order valence-corrected chi connectivity index (χ2v) is 5.92. The van der Waals surface area contributed by atoms with E-state index in [0.717, 1.165) is 31.2 Å². The van der Waals surface area contributed by atoms with Crippen LogP contribution in [-0.4, -0.2) is 28.3 Å². The molecule has 1 aromatic rings. The Morgan fingerprint density at radius 3 is 2.52 bits per heavy atom. The SMILES string of the molecule is CCCc1ccc(C(O)C(CCC(=O)O)NC2CC2)cc1. The van der Waals surface area contributed by atoms with Gasteiger partial charge in [-0.15, -0.1) is 0 Å². The molecule has 1 saturated carbocycles. The molecule has 0 aliphatic heterocycles. The van der Waals surface area contributed by atoms with Crippen molar-refractivity contribution < 1.29 is 15.0 Å². The van der Waals surface area contributed by atoms with Crippen molar-refractivity contribution in [2.75, 3.05) is 0 Å². The molecule has 3 N–H and O–H groups in total. The Morgan fingerprint density at radius 2 is 2.00 bits per heavy atom. The number of aliphatic carboxylic acids is 1. The van der Waals surface area contributed by atoms with E-state index in [4.69, 9.17) is 5.11 Å². The number of carboxylic acids is 1. The molecule has 1 fully saturated rings. The number of carbonyl (C=O) groups is 1. The van der Waals surface area contributed by atoms with Crippen molar-refractivity contribution in [3.05, 3.63) is 35.4 Å². The Morgan fingerprint density at radius 1 is 1.33 bits per heavy atom. The number of benzene rings is 1. The summed E-state index contributed by atoms with van der Waals surface area (Å²) in [5.41, 5.74) is 2.13. The van der Waals surface area contributed by atoms with E-state index in [-0.39, 0.29) is 12.5 Å². The van der Waals surface area contributed by atoms with E-state index in [2.05, 4.69) is 12.2 Å². The second-order valence-electron chi connectivity index (χ2n) is 5.92. The fourth-order valence-electron chi connectivity index (χ4n) is 2.57. The van der Waals surface area contributed by atoms with Crippen LogP contribution in [0.4, 0.5) is 0 Å². The van der Waals surface area contributed by atoms with Gasteiger partial charge in [-0.2, -0.15) is 0 Å². The van der Waals surface area contributed by atoms with Gasteiger partial charge in [0.15, 0.2) is 0 Å². The quantitative estimate of drug-likeness (QED) is 0.654. The summed E-state index contributed by atoms with van der Waals surface area (Å²) in [6.45, 7) is 2.14. The van der Waals surface area contributed by atoms with Gasteiger partial charge in [0.25, 0.3) is 0 Å². The molecule has 2 unspecified atom stereocenters. The van der Waals surface area contributed by atoms with Crippen LogP contribution in [-0.2, 0) is 11.2 Å². The number of rotatable bonds is 9. The van der Waals surface area contributed by atoms with Crippen LogP contribution in [0.5, 0.6) is 0 Å². The zero-order chi connectivity index (χ0) is 15.2. The number of nitrogens with one attached hydrogen (secondary N) is 1. The molecule has 0 amide bonds. The summed E-state index contributed by atoms with van der Waals surface area (Å²) in [5, 5.41) is 22.8. The summed E-state index contributed by atoms with van der Waals surface area (Å²) in [6, 6.07) is 8.26. The number of carboxylic acid groups (broad SMARTS) is 1. The highest BCUT2D eigenvalue weighted by molar-refractivity contribution is 5.66. The third-order valence-electron chi connectivity index (χ3n) is 3.94. The molecular weight excluding hydrogens is 266 g/mol. The minimum absolute atomic E-state index is 0.0787. The fourth-order valence-corrected chi connectivity index (χ4v) is 2.57. The Hall–Kier alpha value is -1.39. The lowest BCUT2D eigenvalue weighted by Gasteiger charge is -2.24. The lowest BCUT2D eigenvalue weighted by atomic mass is 9.96. The zero-order valence-corrected chi connectivity index (χ0v) is 12.6. The molecule has 0 heterocycles. The van der Waals surface area contributed by atoms with Crippen LogP contribution < -0.4 is 5.32 Å². The summed E-state index contributed by atoms with van der Waals surface area (Å²) in [7, 11) is 0. The topological polar surface area (TPSA) is 69.6 Å². The maximum atomic E-state index is 10.8. The average molecular weight is 291 g/mol. The Kier molecular flexibility index (Phi) is 5.76. The van der Waals surface area contributed by atoms with Crippen LogP contribution in [0.3, 0.4) is 0 Å². The minimum atomic E-state index is -0.817. The van der Waals surface area contributed by atoms with Gasteiger partial charge in [-0.05, 0) is 36.8 Å². The zero-order valence-electron chi connectivity index (χ0n) is 12.6. The van der Waals surface area contributed by atoms with Gasteiger partial charge < -0.3 is 15.5 Å². The van der Waals surface area contributed by atoms with Crippen molar-refractivity contribution in [3.63, 3.8) is 0 Å². The molecule has 2 rings (SSSR count). The molecule has 0 bridgehead atoms. The molecule has 4 nitrogen and oxygen atoms in total. The largest absolute Gasteiger partial charge is 0.481 e. The Bertz CT molecular complexity index is 454. The van der Waals surface area contributed by atoms with E-state index in [9.17, 15) is 9.90 Å². The molecule has 1 aliphatic rings. The van der Waals surface area contributed by atoms with Gasteiger partial charge in [-0.25, -0.2) is 0 Å². The number of aliphatic hydroxyl groups excluding tert-OH is 1. The lowest BCUT2D eigenvalue weighted by Crippen LogP contribution is -2.37. The van der Waals surface area contributed by atoms with E-state index in [0.29, 0.717) is 12.5 Å². The summed E-state index contributed by atoms with van der Waals surface area (Å²) in [6.07, 6.45) is 4.25. The van der Waals surface area contributed by atoms with Crippen molar-refractivity contribution in [1.82, 2.24) is 5.32 Å². The molecule has 21 heavy (non-hydrogen) atoms. The van der Waals surface area contributed by atoms with Crippen LogP contribution in [0.15, 0.2) is 24.3 Å². The van der Waals surface area contributed by atoms with Crippen molar-refractivity contribution in [2.24, 2.45) is 0 Å². The minimum Gasteiger partial charge on any atom is -0.481 e. The molecule has 0 saturated heterocycles. The van der Waals surface area contributed by atoms with Gasteiger partial charge in [0.1, 0.15) is 0 Å². The van der Waals surface area contributed by atoms with Crippen molar-refractivity contribution in [2.45, 2.75) is 63.6 Å². The predicted molar refractivity (Wildman–Crippen MR) is 82.2 cm³/mol. The average Bonchev–Trinajstić information content (AvgIpc) is 3.28. The Balaban J connectivity index is 2.00. The van der Waals surface area contributed by atoms with Crippen LogP contribution in [0.2, 0.25) is 0 Å². The maximum absolute atomic E-state index is 10.8. The molecule has 0 aromatic heterocycles. The van der Waals surface area contributed by atoms with Crippen molar-refractivity contribution >= 4 is 5.97 Å². The lowest BCUT2D eigenvalue weighted by molar-refractivity contribution is -0.137. The maximum Gasteiger partial charge on any atom is 0.303 e. The normalized spacial score (nSPS) is 17.4. The first-order chi connectivity index (χ1) is 10.1. The molecular formula is C17H25NO3. The standard InChI is InChI=1S/C17H25NO3/c1-2-3-12-4-6-13(7-5-12)17(21)15(10-11-16(19)20)18-14-8-9-14/h4-7,14-15,17-18,21H,2-3,8-11H2,1H3,(H,19,20). The second kappa shape index (κ2) is 7.57. The first kappa shape index (κ1) is 16.0. The highest BCUT2D eigenvalue weighted by Gasteiger charge is 2.29. The molecule has 0 spiro atoms. The number of hydrogen-bond donors (Lipinski definition) is 3. The van der Waals surface area contributed by atoms with Gasteiger partial charge in [-0.1, -0.05) is 37.6 Å². The van der Waals surface area contributed by atoms with E-state index in [1.165, 1.54) is 5.56 Å². The molecule has 4 heteroatoms. The molecule has 1 aliphatic carbocycles. The third-order valence-corrected chi connectivity index (χ3v) is 3.94. The summed E-state index contributed by atoms with van der Waals surface area (Å²) in [4.78, 5) is 10.8. The smallest absolute Gasteiger partial charge is 0.303 e. The van der Waals surface area contributed by atoms with E-state index in [1.54, 1.807) is 0 Å². The van der Waals surface area contributed by atoms with Gasteiger partial charge in [0.05, 0.1) is 6.10 Å². The predicted octanol–water partition coefficient (Wildman–Crippen LogP) is 2.66. The fraction of sp³-hybridized carbons (Fsp3) is 0.588. The van der Waals surface area contributed by atoms with Crippen LogP contribution in [0.1, 0.15) is 56.3 Å². The van der Waals surface area contributed by atoms with Crippen LogP contribution in [0, 0.1) is 0 Å². The molecule has 0 radical (unpaired) electrons. The molecule has 2 atom stereocenters. The highest BCUT2D eigenvalue weighted by atomic mass is 16.4. The third kappa shape index (κ3) is 5.14. The monoisotopic (exact) mass is 291 g/mol. The number of aryl methyl sites for hydroxylation is 1. The van der Waals surface area contributed by atoms with Crippen LogP contribution >= 0.6 is 0 Å². The number of aliphatic hydroxyl groups is 1. The van der Waals surface area contributed by atoms with Gasteiger partial charge in [-0.3, -0.25) is 4.79 Å². The van der Waals surface area contributed by atoms with Crippen molar-refractivity contribution in [3.8, 4) is 0 Å². The van der Waals surface area contributed by atoms with Gasteiger partial charge in [0, 0.05) is 18.5 Å².